The molecule has 0 aliphatic heterocycles. The first-order chi connectivity index (χ1) is 38.4. The lowest BCUT2D eigenvalue weighted by Crippen LogP contribution is -2.06. The van der Waals surface area contributed by atoms with Crippen LogP contribution < -0.4 is 30.6 Å². The number of aromatic nitrogens is 3. The molecule has 0 bridgehead atoms. The predicted molar refractivity (Wildman–Crippen MR) is 300 cm³/mol. The number of rotatable bonds is 14. The Balaban J connectivity index is 0.000000178. The van der Waals surface area contributed by atoms with E-state index in [1.165, 1.54) is 32.8 Å². The van der Waals surface area contributed by atoms with Crippen molar-refractivity contribution in [3.8, 4) is 35.5 Å². The quantitative estimate of drug-likeness (QED) is 0.0582. The van der Waals surface area contributed by atoms with Gasteiger partial charge < -0.3 is 45.2 Å². The number of fused-ring (bicyclic) bond motifs is 3. The maximum atomic E-state index is 11.5. The number of nitrogens with two attached hydrogens (primary N) is 1. The molecule has 3 heterocycles. The molecule has 0 fully saturated rings. The van der Waals surface area contributed by atoms with Crippen molar-refractivity contribution in [1.29, 1.82) is 15.8 Å². The SMILES string of the molecule is COC(=O)c1ccc(CN)cc1.COC(=O)c1ccc(CNc2c(C#N)cnc3c(OC)cccc23)cc1.COc1cccc2c(Cl)c(C#N)cnc12.COc1cccc2c(NCc3ccc(C(=O)CO)cc3)c(C#N)cnc12. The number of ketones is 1. The Bertz CT molecular complexity index is 3580. The maximum Gasteiger partial charge on any atom is 0.337 e. The molecule has 0 saturated heterocycles. The van der Waals surface area contributed by atoms with E-state index in [9.17, 15) is 24.9 Å². The number of hydrogen-bond donors (Lipinski definition) is 4. The summed E-state index contributed by atoms with van der Waals surface area (Å²) in [5.41, 5.74) is 14.5. The Kier molecular flexibility index (Phi) is 21.1. The van der Waals surface area contributed by atoms with Crippen LogP contribution in [0.3, 0.4) is 0 Å². The highest BCUT2D eigenvalue weighted by Crippen LogP contribution is 2.34. The van der Waals surface area contributed by atoms with E-state index < -0.39 is 6.61 Å². The molecular formula is C60H52ClN9O9. The third-order valence-electron chi connectivity index (χ3n) is 11.9. The summed E-state index contributed by atoms with van der Waals surface area (Å²) >= 11 is 6.05. The highest BCUT2D eigenvalue weighted by molar-refractivity contribution is 6.36. The summed E-state index contributed by atoms with van der Waals surface area (Å²) in [6, 6.07) is 44.0. The van der Waals surface area contributed by atoms with E-state index >= 15 is 0 Å². The van der Waals surface area contributed by atoms with Crippen LogP contribution in [-0.2, 0) is 29.1 Å². The van der Waals surface area contributed by atoms with Crippen LogP contribution in [0.5, 0.6) is 17.2 Å². The molecular weight excluding hydrogens is 1030 g/mol. The van der Waals surface area contributed by atoms with E-state index in [0.29, 0.717) is 103 Å². The third-order valence-corrected chi connectivity index (χ3v) is 12.3. The Morgan fingerprint density at radius 1 is 0.519 bits per heavy atom. The van der Waals surface area contributed by atoms with E-state index in [-0.39, 0.29) is 17.7 Å². The Hall–Kier alpha value is -10.2. The van der Waals surface area contributed by atoms with Gasteiger partial charge >= 0.3 is 11.9 Å². The Morgan fingerprint density at radius 2 is 0.873 bits per heavy atom. The third kappa shape index (κ3) is 14.4. The van der Waals surface area contributed by atoms with Gasteiger partial charge in [0.2, 0.25) is 0 Å². The lowest BCUT2D eigenvalue weighted by molar-refractivity contribution is 0.0592. The second-order valence-electron chi connectivity index (χ2n) is 16.6. The average Bonchev–Trinajstić information content (AvgIpc) is 3.52. The minimum absolute atomic E-state index is 0.316. The van der Waals surface area contributed by atoms with Gasteiger partial charge in [-0.2, -0.15) is 15.8 Å². The number of esters is 2. The lowest BCUT2D eigenvalue weighted by atomic mass is 10.1. The number of ether oxygens (including phenoxy) is 5. The fraction of sp³-hybridized carbons (Fsp3) is 0.150. The standard InChI is InChI=1S/2C20H17N3O3.C11H7ClN2O.C9H11NO2/c1-25-17-5-3-4-16-18(15(10-21)12-23-19(16)17)22-11-13-6-8-14(9-7-13)20(24)26-2;1-26-18-4-2-3-16-19(15(9-21)11-23-20(16)18)22-10-13-5-7-14(8-6-13)17(25)12-24;1-15-9-4-2-3-8-10(12)7(5-13)6-14-11(8)9;1-12-9(11)8-4-2-7(6-10)3-5-8/h3-9,12H,11H2,1-2H3,(H,22,23);2-8,11,24H,10,12H2,1H3,(H,22,23);2-4,6H,1H3;2-5H,6,10H2,1H3. The van der Waals surface area contributed by atoms with Crippen molar-refractivity contribution < 1.29 is 43.2 Å². The molecule has 3 aromatic heterocycles. The number of halogens is 1. The Morgan fingerprint density at radius 3 is 1.23 bits per heavy atom. The number of hydrogen-bond acceptors (Lipinski definition) is 18. The molecule has 0 saturated carbocycles. The lowest BCUT2D eigenvalue weighted by Gasteiger charge is -2.13. The van der Waals surface area contributed by atoms with Crippen molar-refractivity contribution in [3.63, 3.8) is 0 Å². The van der Waals surface area contributed by atoms with E-state index in [2.05, 4.69) is 42.5 Å². The van der Waals surface area contributed by atoms with Crippen molar-refractivity contribution in [2.24, 2.45) is 5.73 Å². The number of Topliss-reactive ketones (excluding diaryl/α,β-unsaturated/α-hetero) is 1. The van der Waals surface area contributed by atoms with Gasteiger partial charge in [-0.1, -0.05) is 96.5 Å². The molecule has 0 aliphatic carbocycles. The molecule has 0 amide bonds. The molecule has 19 heteroatoms. The topological polar surface area (TPSA) is 278 Å². The predicted octanol–water partition coefficient (Wildman–Crippen LogP) is 10.1. The van der Waals surface area contributed by atoms with Gasteiger partial charge in [0.15, 0.2) is 5.78 Å². The van der Waals surface area contributed by atoms with Crippen LogP contribution in [0.2, 0.25) is 5.02 Å². The number of benzene rings is 6. The number of anilines is 2. The van der Waals surface area contributed by atoms with Crippen LogP contribution in [0.15, 0.2) is 146 Å². The van der Waals surface area contributed by atoms with Crippen LogP contribution in [0.1, 0.15) is 64.5 Å². The fourth-order valence-electron chi connectivity index (χ4n) is 7.73. The summed E-state index contributed by atoms with van der Waals surface area (Å²) in [6.07, 6.45) is 4.51. The van der Waals surface area contributed by atoms with Gasteiger partial charge in [-0.15, -0.1) is 0 Å². The van der Waals surface area contributed by atoms with Gasteiger partial charge in [0.1, 0.15) is 58.6 Å². The maximum absolute atomic E-state index is 11.5. The zero-order valence-corrected chi connectivity index (χ0v) is 44.3. The smallest absolute Gasteiger partial charge is 0.337 e. The molecule has 9 aromatic rings. The Labute approximate surface area is 460 Å². The number of nitrogens with zero attached hydrogens (tertiary/aromatic N) is 6. The van der Waals surface area contributed by atoms with Crippen LogP contribution >= 0.6 is 11.6 Å². The van der Waals surface area contributed by atoms with Crippen molar-refractivity contribution >= 4 is 73.4 Å². The molecule has 0 unspecified atom stereocenters. The molecule has 0 radical (unpaired) electrons. The summed E-state index contributed by atoms with van der Waals surface area (Å²) in [7, 11) is 7.45. The molecule has 79 heavy (non-hydrogen) atoms. The van der Waals surface area contributed by atoms with Gasteiger partial charge in [-0.05, 0) is 59.2 Å². The van der Waals surface area contributed by atoms with Gasteiger partial charge in [-0.3, -0.25) is 19.7 Å². The van der Waals surface area contributed by atoms with Gasteiger partial charge in [0, 0.05) is 59.9 Å². The molecule has 0 aliphatic rings. The molecule has 398 valence electrons. The van der Waals surface area contributed by atoms with E-state index in [1.54, 1.807) is 63.8 Å². The summed E-state index contributed by atoms with van der Waals surface area (Å²) in [6.45, 7) is 0.945. The first kappa shape index (κ1) is 58.1. The van der Waals surface area contributed by atoms with Crippen LogP contribution in [0.25, 0.3) is 32.7 Å². The van der Waals surface area contributed by atoms with E-state index in [1.807, 2.05) is 91.0 Å². The zero-order valence-electron chi connectivity index (χ0n) is 43.5. The molecule has 0 spiro atoms. The van der Waals surface area contributed by atoms with Gasteiger partial charge in [0.05, 0.1) is 79.8 Å². The molecule has 18 nitrogen and oxygen atoms in total. The van der Waals surface area contributed by atoms with Gasteiger partial charge in [-0.25, -0.2) is 9.59 Å². The first-order valence-corrected chi connectivity index (χ1v) is 24.3. The molecule has 6 aromatic carbocycles. The number of carbonyl (C=O) groups excluding carboxylic acids is 3. The van der Waals surface area contributed by atoms with Crippen molar-refractivity contribution in [2.45, 2.75) is 19.6 Å². The van der Waals surface area contributed by atoms with Crippen molar-refractivity contribution in [1.82, 2.24) is 15.0 Å². The van der Waals surface area contributed by atoms with E-state index in [0.717, 1.165) is 32.8 Å². The largest absolute Gasteiger partial charge is 0.494 e. The number of nitriles is 3. The average molecular weight is 1080 g/mol. The van der Waals surface area contributed by atoms with Crippen LogP contribution in [0.4, 0.5) is 11.4 Å². The minimum atomic E-state index is -0.506. The summed E-state index contributed by atoms with van der Waals surface area (Å²) in [5.74, 6) is 0.934. The number of aliphatic hydroxyl groups is 1. The first-order valence-electron chi connectivity index (χ1n) is 23.9. The normalized spacial score (nSPS) is 10.1. The highest BCUT2D eigenvalue weighted by Gasteiger charge is 2.15. The molecule has 9 rings (SSSR count). The summed E-state index contributed by atoms with van der Waals surface area (Å²) in [5, 5.41) is 45.9. The number of para-hydroxylation sites is 3. The van der Waals surface area contributed by atoms with Gasteiger partial charge in [0.25, 0.3) is 0 Å². The van der Waals surface area contributed by atoms with Crippen molar-refractivity contribution in [2.75, 3.05) is 52.8 Å². The molecule has 0 atom stereocenters. The van der Waals surface area contributed by atoms with E-state index in [4.69, 9.17) is 46.7 Å². The van der Waals surface area contributed by atoms with Crippen molar-refractivity contribution in [3.05, 3.63) is 201 Å². The summed E-state index contributed by atoms with van der Waals surface area (Å²) in [4.78, 5) is 46.8. The fourth-order valence-corrected chi connectivity index (χ4v) is 7.97. The minimum Gasteiger partial charge on any atom is -0.494 e. The summed E-state index contributed by atoms with van der Waals surface area (Å²) < 4.78 is 25.1. The second-order valence-corrected chi connectivity index (χ2v) is 16.9. The number of pyridine rings is 3. The van der Waals surface area contributed by atoms with Crippen LogP contribution in [-0.4, -0.2) is 79.9 Å². The number of carbonyl (C=O) groups is 3. The zero-order chi connectivity index (χ0) is 56.8. The number of methoxy groups -OCH3 is 5. The highest BCUT2D eigenvalue weighted by atomic mass is 35.5. The monoisotopic (exact) mass is 1080 g/mol. The molecule has 5 N–H and O–H groups in total. The number of aliphatic hydroxyl groups excluding tert-OH is 1. The van der Waals surface area contributed by atoms with Crippen LogP contribution in [0, 0.1) is 34.0 Å². The second kappa shape index (κ2) is 28.7. The number of nitrogens with one attached hydrogen (secondary N) is 2.